The van der Waals surface area contributed by atoms with Crippen LogP contribution in [0.4, 0.5) is 5.69 Å². The summed E-state index contributed by atoms with van der Waals surface area (Å²) >= 11 is 0. The second-order valence-electron chi connectivity index (χ2n) is 10.8. The minimum absolute atomic E-state index is 0.144. The average Bonchev–Trinajstić information content (AvgIpc) is 3.21. The van der Waals surface area contributed by atoms with Crippen molar-refractivity contribution in [2.75, 3.05) is 6.61 Å². The zero-order chi connectivity index (χ0) is 28.3. The van der Waals surface area contributed by atoms with Gasteiger partial charge in [-0.2, -0.15) is 0 Å². The van der Waals surface area contributed by atoms with Gasteiger partial charge in [0.05, 0.1) is 16.8 Å². The molecule has 40 heavy (non-hydrogen) atoms. The predicted octanol–water partition coefficient (Wildman–Crippen LogP) is 4.24. The van der Waals surface area contributed by atoms with Crippen molar-refractivity contribution in [2.24, 2.45) is 17.8 Å². The lowest BCUT2D eigenvalue weighted by atomic mass is 9.55. The lowest BCUT2D eigenvalue weighted by Crippen LogP contribution is -2.49. The Morgan fingerprint density at radius 3 is 1.68 bits per heavy atom. The molecule has 1 aliphatic heterocycles. The van der Waals surface area contributed by atoms with Crippen molar-refractivity contribution < 1.29 is 28.8 Å². The van der Waals surface area contributed by atoms with Crippen LogP contribution in [0.5, 0.6) is 0 Å². The largest absolute Gasteiger partial charge is 0.456 e. The molecule has 1 saturated heterocycles. The van der Waals surface area contributed by atoms with Gasteiger partial charge in [-0.1, -0.05) is 62.4 Å². The Balaban J connectivity index is 1.27. The van der Waals surface area contributed by atoms with Gasteiger partial charge in [0, 0.05) is 29.5 Å². The quantitative estimate of drug-likeness (QED) is 0.145. The number of hydrogen-bond acceptors (Lipinski definition) is 7. The van der Waals surface area contributed by atoms with Crippen LogP contribution in [0.25, 0.3) is 0 Å². The van der Waals surface area contributed by atoms with E-state index >= 15 is 0 Å². The molecule has 7 rings (SSSR count). The molecule has 3 aromatic rings. The summed E-state index contributed by atoms with van der Waals surface area (Å²) in [6.07, 6.45) is 0. The van der Waals surface area contributed by atoms with Gasteiger partial charge in [-0.05, 0) is 40.3 Å². The molecule has 3 atom stereocenters. The van der Waals surface area contributed by atoms with Crippen LogP contribution in [0.3, 0.4) is 0 Å². The number of esters is 1. The zero-order valence-corrected chi connectivity index (χ0v) is 21.9. The van der Waals surface area contributed by atoms with Gasteiger partial charge >= 0.3 is 5.97 Å². The fraction of sp³-hybridized carbons (Fsp3) is 0.290. The first-order valence-electron chi connectivity index (χ1n) is 13.2. The Hall–Kier alpha value is -4.66. The molecule has 1 fully saturated rings. The van der Waals surface area contributed by atoms with Gasteiger partial charge in [0.1, 0.15) is 6.04 Å². The van der Waals surface area contributed by atoms with E-state index < -0.39 is 58.9 Å². The van der Waals surface area contributed by atoms with E-state index in [0.29, 0.717) is 0 Å². The SMILES string of the molecule is CC(C)[C@@H](C(=O)OCC(=O)c1ccc([N+](=O)[O-])cc1)N1C(=O)[C@@H]2C3c4ccccc4C(c4ccccc43)[C@@H]2C1=O. The first-order chi connectivity index (χ1) is 19.2. The van der Waals surface area contributed by atoms with Crippen molar-refractivity contribution in [1.29, 1.82) is 0 Å². The first-order valence-corrected chi connectivity index (χ1v) is 13.2. The van der Waals surface area contributed by atoms with Crippen LogP contribution in [0, 0.1) is 27.9 Å². The molecule has 0 aromatic heterocycles. The first kappa shape index (κ1) is 25.6. The van der Waals surface area contributed by atoms with Crippen molar-refractivity contribution in [3.05, 3.63) is 111 Å². The van der Waals surface area contributed by atoms with E-state index in [2.05, 4.69) is 0 Å². The summed E-state index contributed by atoms with van der Waals surface area (Å²) in [5, 5.41) is 10.9. The van der Waals surface area contributed by atoms with E-state index in [1.807, 2.05) is 48.5 Å². The maximum atomic E-state index is 14.0. The molecule has 3 aromatic carbocycles. The molecular formula is C31H26N2O7. The molecule has 1 heterocycles. The second kappa shape index (κ2) is 9.51. The Kier molecular flexibility index (Phi) is 6.09. The maximum absolute atomic E-state index is 14.0. The third kappa shape index (κ3) is 3.76. The number of benzene rings is 3. The molecule has 0 radical (unpaired) electrons. The number of ketones is 1. The molecule has 4 aliphatic rings. The highest BCUT2D eigenvalue weighted by atomic mass is 16.6. The molecule has 3 aliphatic carbocycles. The van der Waals surface area contributed by atoms with Gasteiger partial charge in [0.15, 0.2) is 12.4 Å². The number of hydrogen-bond donors (Lipinski definition) is 0. The van der Waals surface area contributed by atoms with Crippen molar-refractivity contribution in [3.8, 4) is 0 Å². The number of ether oxygens (including phenoxy) is 1. The number of amides is 2. The van der Waals surface area contributed by atoms with Gasteiger partial charge in [0.25, 0.3) is 5.69 Å². The number of rotatable bonds is 7. The molecule has 0 saturated carbocycles. The molecule has 0 unspecified atom stereocenters. The van der Waals surface area contributed by atoms with Crippen molar-refractivity contribution in [1.82, 2.24) is 4.90 Å². The summed E-state index contributed by atoms with van der Waals surface area (Å²) in [6, 6.07) is 19.6. The lowest BCUT2D eigenvalue weighted by Gasteiger charge is -2.45. The van der Waals surface area contributed by atoms with Crippen molar-refractivity contribution >= 4 is 29.3 Å². The van der Waals surface area contributed by atoms with E-state index in [0.717, 1.165) is 27.2 Å². The molecule has 2 bridgehead atoms. The number of non-ortho nitro benzene ring substituents is 1. The fourth-order valence-corrected chi connectivity index (χ4v) is 6.72. The molecular weight excluding hydrogens is 512 g/mol. The van der Waals surface area contributed by atoms with Crippen molar-refractivity contribution in [3.63, 3.8) is 0 Å². The second-order valence-corrected chi connectivity index (χ2v) is 10.8. The average molecular weight is 539 g/mol. The third-order valence-corrected chi connectivity index (χ3v) is 8.38. The van der Waals surface area contributed by atoms with Crippen LogP contribution >= 0.6 is 0 Å². The van der Waals surface area contributed by atoms with Crippen LogP contribution in [0.15, 0.2) is 72.8 Å². The predicted molar refractivity (Wildman–Crippen MR) is 142 cm³/mol. The minimum atomic E-state index is -1.19. The number of carbonyl (C=O) groups is 4. The highest BCUT2D eigenvalue weighted by Gasteiger charge is 2.63. The van der Waals surface area contributed by atoms with Gasteiger partial charge in [-0.25, -0.2) is 4.79 Å². The molecule has 2 amide bonds. The van der Waals surface area contributed by atoms with Gasteiger partial charge in [-0.3, -0.25) is 29.4 Å². The zero-order valence-electron chi connectivity index (χ0n) is 21.9. The lowest BCUT2D eigenvalue weighted by molar-refractivity contribution is -0.384. The van der Waals surface area contributed by atoms with E-state index in [1.165, 1.54) is 24.3 Å². The van der Waals surface area contributed by atoms with Gasteiger partial charge < -0.3 is 4.74 Å². The fourth-order valence-electron chi connectivity index (χ4n) is 6.72. The Morgan fingerprint density at radius 2 is 1.27 bits per heavy atom. The Labute approximate surface area is 229 Å². The molecule has 9 heteroatoms. The number of nitro groups is 1. The summed E-state index contributed by atoms with van der Waals surface area (Å²) in [7, 11) is 0. The van der Waals surface area contributed by atoms with Crippen LogP contribution in [-0.4, -0.2) is 46.0 Å². The summed E-state index contributed by atoms with van der Waals surface area (Å²) < 4.78 is 5.35. The van der Waals surface area contributed by atoms with E-state index in [-0.39, 0.29) is 23.1 Å². The smallest absolute Gasteiger partial charge is 0.330 e. The third-order valence-electron chi connectivity index (χ3n) is 8.38. The Bertz CT molecular complexity index is 1460. The number of likely N-dealkylation sites (tertiary alicyclic amines) is 1. The highest BCUT2D eigenvalue weighted by Crippen LogP contribution is 2.61. The summed E-state index contributed by atoms with van der Waals surface area (Å²) in [5.41, 5.74) is 4.12. The summed E-state index contributed by atoms with van der Waals surface area (Å²) in [5.74, 6) is -4.49. The van der Waals surface area contributed by atoms with E-state index in [1.54, 1.807) is 13.8 Å². The molecule has 0 N–H and O–H groups in total. The normalized spacial score (nSPS) is 22.9. The standard InChI is InChI=1S/C31H26N2O7/c1-16(2)28(31(37)40-15-23(34)17-11-13-18(14-12-17)33(38)39)32-29(35)26-24-19-7-3-4-8-20(19)25(27(26)30(32)36)22-10-6-5-9-21(22)24/h3-14,16,24-28H,15H2,1-2H3/t24?,25?,26-,27+,28-/m0/s1. The molecule has 0 spiro atoms. The number of nitrogens with zero attached hydrogens (tertiary/aromatic N) is 2. The van der Waals surface area contributed by atoms with Crippen LogP contribution < -0.4 is 0 Å². The molecule has 9 nitrogen and oxygen atoms in total. The van der Waals surface area contributed by atoms with E-state index in [9.17, 15) is 29.3 Å². The van der Waals surface area contributed by atoms with Gasteiger partial charge in [-0.15, -0.1) is 0 Å². The number of carbonyl (C=O) groups excluding carboxylic acids is 4. The Morgan fingerprint density at radius 1 is 0.825 bits per heavy atom. The monoisotopic (exact) mass is 538 g/mol. The minimum Gasteiger partial charge on any atom is -0.456 e. The van der Waals surface area contributed by atoms with Crippen LogP contribution in [0.2, 0.25) is 0 Å². The maximum Gasteiger partial charge on any atom is 0.330 e. The van der Waals surface area contributed by atoms with Gasteiger partial charge in [0.2, 0.25) is 11.8 Å². The van der Waals surface area contributed by atoms with Crippen LogP contribution in [-0.2, 0) is 19.1 Å². The van der Waals surface area contributed by atoms with Crippen LogP contribution in [0.1, 0.15) is 58.3 Å². The highest BCUT2D eigenvalue weighted by molar-refractivity contribution is 6.10. The summed E-state index contributed by atoms with van der Waals surface area (Å²) in [4.78, 5) is 65.4. The number of imide groups is 1. The van der Waals surface area contributed by atoms with E-state index in [4.69, 9.17) is 4.74 Å². The summed E-state index contributed by atoms with van der Waals surface area (Å²) in [6.45, 7) is 2.83. The number of Topliss-reactive ketones (excluding diaryl/α,β-unsaturated/α-hetero) is 1. The molecule has 202 valence electrons. The van der Waals surface area contributed by atoms with Crippen molar-refractivity contribution in [2.45, 2.75) is 31.7 Å². The topological polar surface area (TPSA) is 124 Å². The number of nitro benzene ring substituents is 1.